The van der Waals surface area contributed by atoms with Gasteiger partial charge in [-0.05, 0) is 50.2 Å². The number of para-hydroxylation sites is 1. The van der Waals surface area contributed by atoms with Crippen LogP contribution in [0.5, 0.6) is 5.88 Å². The van der Waals surface area contributed by atoms with Gasteiger partial charge in [0.05, 0.1) is 11.3 Å². The number of aliphatic imine (C=N–C) groups is 1. The van der Waals surface area contributed by atoms with Crippen molar-refractivity contribution in [2.75, 3.05) is 26.7 Å². The number of hydrogen-bond donors (Lipinski definition) is 2. The Hall–Kier alpha value is -2.64. The van der Waals surface area contributed by atoms with Crippen molar-refractivity contribution in [2.45, 2.75) is 20.3 Å². The molecular weight excluding hydrogens is 456 g/mol. The van der Waals surface area contributed by atoms with Crippen molar-refractivity contribution in [1.29, 1.82) is 0 Å². The quantitative estimate of drug-likeness (QED) is 0.330. The minimum absolute atomic E-state index is 0.0702. The lowest BCUT2D eigenvalue weighted by molar-refractivity contribution is 0.118. The molecule has 0 radical (unpaired) electrons. The second-order valence-electron chi connectivity index (χ2n) is 8.27. The third-order valence-electron chi connectivity index (χ3n) is 5.40. The van der Waals surface area contributed by atoms with Gasteiger partial charge in [0.1, 0.15) is 18.0 Å². The summed E-state index contributed by atoms with van der Waals surface area (Å²) in [5, 5.41) is 16.0. The fraction of sp³-hybridized carbons (Fsp3) is 0.333. The van der Waals surface area contributed by atoms with E-state index in [1.807, 2.05) is 42.5 Å². The number of rotatable bonds is 8. The molecule has 1 aliphatic rings. The van der Waals surface area contributed by atoms with Crippen molar-refractivity contribution in [3.05, 3.63) is 58.1 Å². The minimum atomic E-state index is 0.0702. The molecule has 0 bridgehead atoms. The van der Waals surface area contributed by atoms with Gasteiger partial charge in [0.2, 0.25) is 0 Å². The van der Waals surface area contributed by atoms with Crippen molar-refractivity contribution < 1.29 is 9.94 Å². The maximum atomic E-state index is 10.7. The molecule has 1 aliphatic heterocycles. The van der Waals surface area contributed by atoms with Crippen LogP contribution in [0.1, 0.15) is 31.4 Å². The molecule has 31 heavy (non-hydrogen) atoms. The number of likely N-dealkylation sites (N-methyl/N-ethyl adjacent to an activating group) is 1. The Morgan fingerprint density at radius 2 is 2.00 bits per heavy atom. The first-order valence-corrected chi connectivity index (χ1v) is 11.3. The number of aromatic amines is 1. The summed E-state index contributed by atoms with van der Waals surface area (Å²) in [4.78, 5) is 15.8. The van der Waals surface area contributed by atoms with Crippen LogP contribution in [0.4, 0.5) is 5.69 Å². The van der Waals surface area contributed by atoms with Crippen LogP contribution in [-0.2, 0) is 4.84 Å². The summed E-state index contributed by atoms with van der Waals surface area (Å²) in [5.74, 6) is 0.752. The SMILES string of the molecule is CC(C)CCN(C)CCO/N=C1/C(c2c(O)[nH]c3ccc(Br)cc23)=Nc2ccccc21. The predicted octanol–water partition coefficient (Wildman–Crippen LogP) is 5.47. The lowest BCUT2D eigenvalue weighted by atomic mass is 10.0. The fourth-order valence-corrected chi connectivity index (χ4v) is 3.99. The van der Waals surface area contributed by atoms with Crippen LogP contribution in [0.2, 0.25) is 0 Å². The van der Waals surface area contributed by atoms with Crippen molar-refractivity contribution >= 4 is 43.9 Å². The number of benzene rings is 2. The molecule has 0 aliphatic carbocycles. The Morgan fingerprint density at radius 1 is 1.19 bits per heavy atom. The molecule has 3 aromatic rings. The minimum Gasteiger partial charge on any atom is -0.494 e. The Kier molecular flexibility index (Phi) is 6.43. The summed E-state index contributed by atoms with van der Waals surface area (Å²) in [6, 6.07) is 13.6. The third kappa shape index (κ3) is 4.67. The molecule has 1 aromatic heterocycles. The van der Waals surface area contributed by atoms with Gasteiger partial charge in [-0.15, -0.1) is 0 Å². The summed E-state index contributed by atoms with van der Waals surface area (Å²) >= 11 is 3.52. The van der Waals surface area contributed by atoms with Gasteiger partial charge in [0.25, 0.3) is 0 Å². The highest BCUT2D eigenvalue weighted by Gasteiger charge is 2.29. The molecule has 2 N–H and O–H groups in total. The van der Waals surface area contributed by atoms with E-state index in [2.05, 4.69) is 51.9 Å². The number of nitrogens with zero attached hydrogens (tertiary/aromatic N) is 3. The van der Waals surface area contributed by atoms with E-state index >= 15 is 0 Å². The zero-order chi connectivity index (χ0) is 22.0. The molecule has 2 heterocycles. The average Bonchev–Trinajstić information content (AvgIpc) is 3.25. The number of aromatic hydroxyl groups is 1. The molecule has 0 unspecified atom stereocenters. The summed E-state index contributed by atoms with van der Waals surface area (Å²) in [7, 11) is 2.10. The molecule has 6 nitrogen and oxygen atoms in total. The molecule has 0 fully saturated rings. The summed E-state index contributed by atoms with van der Waals surface area (Å²) in [6.45, 7) is 6.77. The van der Waals surface area contributed by atoms with Crippen LogP contribution in [0, 0.1) is 5.92 Å². The largest absolute Gasteiger partial charge is 0.494 e. The number of halogens is 1. The highest BCUT2D eigenvalue weighted by Crippen LogP contribution is 2.36. The maximum absolute atomic E-state index is 10.7. The molecule has 0 saturated heterocycles. The molecule has 7 heteroatoms. The first kappa shape index (κ1) is 21.6. The second kappa shape index (κ2) is 9.24. The molecular formula is C24H27BrN4O2. The molecule has 0 saturated carbocycles. The average molecular weight is 483 g/mol. The van der Waals surface area contributed by atoms with Gasteiger partial charge in [-0.3, -0.25) is 0 Å². The molecule has 162 valence electrons. The number of oxime groups is 1. The van der Waals surface area contributed by atoms with Crippen molar-refractivity contribution in [3.63, 3.8) is 0 Å². The van der Waals surface area contributed by atoms with Crippen LogP contribution >= 0.6 is 15.9 Å². The normalized spacial score (nSPS) is 14.6. The van der Waals surface area contributed by atoms with E-state index in [1.165, 1.54) is 0 Å². The smallest absolute Gasteiger partial charge is 0.199 e. The number of hydrogen-bond acceptors (Lipinski definition) is 5. The Balaban J connectivity index is 1.60. The van der Waals surface area contributed by atoms with Crippen LogP contribution in [0.3, 0.4) is 0 Å². The van der Waals surface area contributed by atoms with Crippen LogP contribution in [-0.4, -0.2) is 53.2 Å². The van der Waals surface area contributed by atoms with Crippen molar-refractivity contribution in [1.82, 2.24) is 9.88 Å². The molecule has 0 spiro atoms. The second-order valence-corrected chi connectivity index (χ2v) is 9.19. The van der Waals surface area contributed by atoms with Crippen molar-refractivity contribution in [3.8, 4) is 5.88 Å². The lowest BCUT2D eigenvalue weighted by Crippen LogP contribution is -2.25. The molecule has 2 aromatic carbocycles. The van der Waals surface area contributed by atoms with E-state index in [9.17, 15) is 5.11 Å². The monoisotopic (exact) mass is 482 g/mol. The van der Waals surface area contributed by atoms with E-state index in [4.69, 9.17) is 9.83 Å². The number of aromatic nitrogens is 1. The van der Waals surface area contributed by atoms with Crippen LogP contribution in [0.25, 0.3) is 10.9 Å². The van der Waals surface area contributed by atoms with E-state index in [1.54, 1.807) is 0 Å². The van der Waals surface area contributed by atoms with Crippen LogP contribution < -0.4 is 0 Å². The third-order valence-corrected chi connectivity index (χ3v) is 5.89. The summed E-state index contributed by atoms with van der Waals surface area (Å²) < 4.78 is 0.926. The number of nitrogens with one attached hydrogen (secondary N) is 1. The predicted molar refractivity (Wildman–Crippen MR) is 130 cm³/mol. The first-order chi connectivity index (χ1) is 14.9. The van der Waals surface area contributed by atoms with Gasteiger partial charge in [0.15, 0.2) is 5.88 Å². The Bertz CT molecular complexity index is 1150. The zero-order valence-electron chi connectivity index (χ0n) is 18.0. The summed E-state index contributed by atoms with van der Waals surface area (Å²) in [5.41, 5.74) is 4.42. The highest BCUT2D eigenvalue weighted by molar-refractivity contribution is 9.10. The van der Waals surface area contributed by atoms with Gasteiger partial charge in [-0.1, -0.05) is 53.1 Å². The van der Waals surface area contributed by atoms with E-state index in [0.29, 0.717) is 29.5 Å². The van der Waals surface area contributed by atoms with Gasteiger partial charge in [-0.2, -0.15) is 0 Å². The standard InChI is InChI=1S/C24H27BrN4O2/c1-15(2)10-11-29(3)12-13-31-28-22-17-6-4-5-7-19(17)26-23(22)21-18-14-16(25)8-9-20(18)27-24(21)30/h4-9,14-15,27,30H,10-13H2,1-3H3/b28-22+. The first-order valence-electron chi connectivity index (χ1n) is 10.5. The van der Waals surface area contributed by atoms with Gasteiger partial charge in [-0.25, -0.2) is 4.99 Å². The fourth-order valence-electron chi connectivity index (χ4n) is 3.63. The lowest BCUT2D eigenvalue weighted by Gasteiger charge is -2.16. The van der Waals surface area contributed by atoms with Gasteiger partial charge in [0, 0.05) is 27.5 Å². The summed E-state index contributed by atoms with van der Waals surface area (Å²) in [6.07, 6.45) is 1.16. The van der Waals surface area contributed by atoms with Gasteiger partial charge >= 0.3 is 0 Å². The number of H-pyrrole nitrogens is 1. The van der Waals surface area contributed by atoms with Gasteiger partial charge < -0.3 is 19.8 Å². The number of fused-ring (bicyclic) bond motifs is 2. The van der Waals surface area contributed by atoms with Crippen LogP contribution in [0.15, 0.2) is 57.1 Å². The topological polar surface area (TPSA) is 73.2 Å². The molecule has 0 atom stereocenters. The van der Waals surface area contributed by atoms with E-state index in [0.717, 1.165) is 46.1 Å². The van der Waals surface area contributed by atoms with E-state index in [-0.39, 0.29) is 5.88 Å². The highest BCUT2D eigenvalue weighted by atomic mass is 79.9. The maximum Gasteiger partial charge on any atom is 0.199 e. The van der Waals surface area contributed by atoms with Crippen molar-refractivity contribution in [2.24, 2.45) is 16.1 Å². The van der Waals surface area contributed by atoms with E-state index < -0.39 is 0 Å². The Morgan fingerprint density at radius 3 is 2.81 bits per heavy atom. The molecule has 0 amide bonds. The zero-order valence-corrected chi connectivity index (χ0v) is 19.6. The Labute approximate surface area is 190 Å². The molecule has 4 rings (SSSR count).